The quantitative estimate of drug-likeness (QED) is 0.415. The number of piperazine rings is 1. The number of ketones is 1. The van der Waals surface area contributed by atoms with Crippen molar-refractivity contribution in [2.75, 3.05) is 31.1 Å². The lowest BCUT2D eigenvalue weighted by Crippen LogP contribution is -2.49. The molecule has 4 aromatic rings. The minimum absolute atomic E-state index is 0.0443. The van der Waals surface area contributed by atoms with Crippen molar-refractivity contribution in [1.29, 1.82) is 5.26 Å². The summed E-state index contributed by atoms with van der Waals surface area (Å²) in [4.78, 5) is 46.8. The number of nitriles is 1. The third-order valence-corrected chi connectivity index (χ3v) is 6.16. The van der Waals surface area contributed by atoms with Gasteiger partial charge in [-0.1, -0.05) is 30.3 Å². The molecule has 0 bridgehead atoms. The molecule has 1 aliphatic rings. The van der Waals surface area contributed by atoms with Gasteiger partial charge in [0.05, 0.1) is 24.0 Å². The largest absolute Gasteiger partial charge is 0.459 e. The van der Waals surface area contributed by atoms with Gasteiger partial charge in [0, 0.05) is 49.5 Å². The van der Waals surface area contributed by atoms with Crippen LogP contribution in [0.25, 0.3) is 10.9 Å². The monoisotopic (exact) mass is 467 g/mol. The summed E-state index contributed by atoms with van der Waals surface area (Å²) >= 11 is 0. The molecule has 0 spiro atoms. The molecule has 0 radical (unpaired) electrons. The second kappa shape index (κ2) is 9.27. The lowest BCUT2D eigenvalue weighted by atomic mass is 10.1. The summed E-state index contributed by atoms with van der Waals surface area (Å²) in [5.74, 6) is -0.152. The number of rotatable bonds is 5. The number of furan rings is 1. The van der Waals surface area contributed by atoms with Crippen molar-refractivity contribution in [2.24, 2.45) is 0 Å². The van der Waals surface area contributed by atoms with Gasteiger partial charge in [-0.2, -0.15) is 5.26 Å². The molecule has 4 heterocycles. The predicted octanol–water partition coefficient (Wildman–Crippen LogP) is 2.71. The molecule has 0 unspecified atom stereocenters. The minimum Gasteiger partial charge on any atom is -0.459 e. The number of carbonyl (C=O) groups is 2. The molecule has 35 heavy (non-hydrogen) atoms. The third kappa shape index (κ3) is 4.06. The minimum atomic E-state index is -0.528. The zero-order valence-electron chi connectivity index (χ0n) is 18.8. The highest BCUT2D eigenvalue weighted by Gasteiger charge is 2.28. The Morgan fingerprint density at radius 2 is 1.80 bits per heavy atom. The van der Waals surface area contributed by atoms with E-state index in [1.165, 1.54) is 10.8 Å². The summed E-state index contributed by atoms with van der Waals surface area (Å²) in [7, 11) is 0. The molecule has 3 aromatic heterocycles. The van der Waals surface area contributed by atoms with E-state index in [0.717, 1.165) is 0 Å². The van der Waals surface area contributed by atoms with Gasteiger partial charge in [-0.05, 0) is 18.2 Å². The molecule has 0 atom stereocenters. The van der Waals surface area contributed by atoms with Crippen molar-refractivity contribution in [3.63, 3.8) is 0 Å². The zero-order chi connectivity index (χ0) is 24.4. The molecule has 0 saturated carbocycles. The Morgan fingerprint density at radius 1 is 1.03 bits per heavy atom. The van der Waals surface area contributed by atoms with Gasteiger partial charge >= 0.3 is 0 Å². The maximum Gasteiger partial charge on any atom is 0.289 e. The van der Waals surface area contributed by atoms with Crippen LogP contribution in [-0.2, 0) is 6.54 Å². The predicted molar refractivity (Wildman–Crippen MR) is 128 cm³/mol. The molecular formula is C26H21N5O4. The molecule has 9 nitrogen and oxygen atoms in total. The Kier molecular flexibility index (Phi) is 5.85. The SMILES string of the molecule is N#Cc1c(N2CCN(C(=O)c3ccco3)CC2)c2cnccc2n(CC(=O)c2ccccc2)c1=O. The lowest BCUT2D eigenvalue weighted by molar-refractivity contribution is 0.0714. The van der Waals surface area contributed by atoms with Gasteiger partial charge in [-0.25, -0.2) is 0 Å². The van der Waals surface area contributed by atoms with Crippen LogP contribution in [0.5, 0.6) is 0 Å². The first-order chi connectivity index (χ1) is 17.1. The van der Waals surface area contributed by atoms with Crippen molar-refractivity contribution in [3.8, 4) is 6.07 Å². The second-order valence-corrected chi connectivity index (χ2v) is 8.17. The Hall–Kier alpha value is -4.71. The van der Waals surface area contributed by atoms with E-state index in [0.29, 0.717) is 48.3 Å². The molecule has 9 heteroatoms. The summed E-state index contributed by atoms with van der Waals surface area (Å²) < 4.78 is 6.56. The van der Waals surface area contributed by atoms with Crippen LogP contribution in [0.4, 0.5) is 5.69 Å². The number of pyridine rings is 2. The fourth-order valence-corrected chi connectivity index (χ4v) is 4.42. The first-order valence-corrected chi connectivity index (χ1v) is 11.1. The van der Waals surface area contributed by atoms with Crippen LogP contribution in [0, 0.1) is 11.3 Å². The maximum atomic E-state index is 13.4. The molecule has 1 aromatic carbocycles. The smallest absolute Gasteiger partial charge is 0.289 e. The average Bonchev–Trinajstić information content (AvgIpc) is 3.45. The van der Waals surface area contributed by atoms with E-state index in [1.54, 1.807) is 59.8 Å². The van der Waals surface area contributed by atoms with Crippen molar-refractivity contribution in [1.82, 2.24) is 14.5 Å². The van der Waals surface area contributed by atoms with Crippen LogP contribution in [0.2, 0.25) is 0 Å². The van der Waals surface area contributed by atoms with Crippen molar-refractivity contribution < 1.29 is 14.0 Å². The molecule has 1 fully saturated rings. The summed E-state index contributed by atoms with van der Waals surface area (Å²) in [6, 6.07) is 15.7. The van der Waals surface area contributed by atoms with Crippen LogP contribution >= 0.6 is 0 Å². The number of hydrogen-bond acceptors (Lipinski definition) is 7. The Labute approximate surface area is 200 Å². The fourth-order valence-electron chi connectivity index (χ4n) is 4.42. The topological polar surface area (TPSA) is 112 Å². The average molecular weight is 467 g/mol. The Balaban J connectivity index is 1.50. The van der Waals surface area contributed by atoms with Gasteiger partial charge in [0.15, 0.2) is 11.5 Å². The van der Waals surface area contributed by atoms with Gasteiger partial charge in [0.1, 0.15) is 11.6 Å². The van der Waals surface area contributed by atoms with E-state index < -0.39 is 5.56 Å². The van der Waals surface area contributed by atoms with Crippen LogP contribution in [0.1, 0.15) is 26.5 Å². The summed E-state index contributed by atoms with van der Waals surface area (Å²) in [6.45, 7) is 1.47. The highest BCUT2D eigenvalue weighted by atomic mass is 16.3. The van der Waals surface area contributed by atoms with E-state index in [-0.39, 0.29) is 29.6 Å². The van der Waals surface area contributed by atoms with Gasteiger partial charge in [-0.3, -0.25) is 23.9 Å². The number of benzene rings is 1. The fraction of sp³-hybridized carbons (Fsp3) is 0.192. The van der Waals surface area contributed by atoms with E-state index in [1.807, 2.05) is 11.0 Å². The molecule has 0 N–H and O–H groups in total. The first-order valence-electron chi connectivity index (χ1n) is 11.1. The molecule has 1 aliphatic heterocycles. The van der Waals surface area contributed by atoms with Crippen molar-refractivity contribution >= 4 is 28.3 Å². The van der Waals surface area contributed by atoms with Crippen molar-refractivity contribution in [3.05, 3.63) is 94.4 Å². The normalized spacial score (nSPS) is 13.6. The van der Waals surface area contributed by atoms with Gasteiger partial charge in [0.2, 0.25) is 0 Å². The van der Waals surface area contributed by atoms with E-state index in [4.69, 9.17) is 4.42 Å². The summed E-state index contributed by atoms with van der Waals surface area (Å²) in [5.41, 5.74) is 0.921. The number of amides is 1. The van der Waals surface area contributed by atoms with E-state index in [9.17, 15) is 19.6 Å². The van der Waals surface area contributed by atoms with Crippen LogP contribution in [-0.4, -0.2) is 52.3 Å². The van der Waals surface area contributed by atoms with Crippen molar-refractivity contribution in [2.45, 2.75) is 6.54 Å². The highest BCUT2D eigenvalue weighted by Crippen LogP contribution is 2.29. The highest BCUT2D eigenvalue weighted by molar-refractivity contribution is 5.99. The number of fused-ring (bicyclic) bond motifs is 1. The third-order valence-electron chi connectivity index (χ3n) is 6.16. The van der Waals surface area contributed by atoms with Gasteiger partial charge in [-0.15, -0.1) is 0 Å². The van der Waals surface area contributed by atoms with E-state index >= 15 is 0 Å². The maximum absolute atomic E-state index is 13.4. The van der Waals surface area contributed by atoms with Crippen LogP contribution in [0.15, 0.2) is 76.4 Å². The molecule has 0 aliphatic carbocycles. The molecule has 1 saturated heterocycles. The molecule has 174 valence electrons. The Bertz CT molecular complexity index is 1490. The van der Waals surface area contributed by atoms with Crippen LogP contribution < -0.4 is 10.5 Å². The molecule has 1 amide bonds. The second-order valence-electron chi connectivity index (χ2n) is 8.17. The van der Waals surface area contributed by atoms with Crippen LogP contribution in [0.3, 0.4) is 0 Å². The zero-order valence-corrected chi connectivity index (χ0v) is 18.8. The number of hydrogen-bond donors (Lipinski definition) is 0. The number of nitrogens with zero attached hydrogens (tertiary/aromatic N) is 5. The Morgan fingerprint density at radius 3 is 2.49 bits per heavy atom. The van der Waals surface area contributed by atoms with Gasteiger partial charge in [0.25, 0.3) is 11.5 Å². The lowest BCUT2D eigenvalue weighted by Gasteiger charge is -2.36. The number of anilines is 1. The number of aromatic nitrogens is 2. The standard InChI is InChI=1S/C26H21N5O4/c27-15-19-24(29-10-12-30(13-11-29)26(34)23-7-4-14-35-23)20-16-28-9-8-21(20)31(25(19)33)17-22(32)18-5-2-1-3-6-18/h1-9,14,16H,10-13,17H2. The summed E-state index contributed by atoms with van der Waals surface area (Å²) in [6.07, 6.45) is 4.62. The molecule has 5 rings (SSSR count). The van der Waals surface area contributed by atoms with Gasteiger partial charge < -0.3 is 14.2 Å². The first kappa shape index (κ1) is 22.1. The number of Topliss-reactive ketones (excluding diaryl/α,β-unsaturated/α-hetero) is 1. The summed E-state index contributed by atoms with van der Waals surface area (Å²) in [5, 5.41) is 10.6. The van der Waals surface area contributed by atoms with E-state index in [2.05, 4.69) is 11.1 Å². The molecular weight excluding hydrogens is 446 g/mol. The number of carbonyl (C=O) groups excluding carboxylic acids is 2.